The summed E-state index contributed by atoms with van der Waals surface area (Å²) in [4.78, 5) is 16.7. The van der Waals surface area contributed by atoms with Crippen molar-refractivity contribution in [3.8, 4) is 11.5 Å². The lowest BCUT2D eigenvalue weighted by molar-refractivity contribution is -0.129. The number of carbonyl (C=O) groups excluding carboxylic acids is 1. The van der Waals surface area contributed by atoms with E-state index in [0.29, 0.717) is 18.1 Å². The van der Waals surface area contributed by atoms with Crippen LogP contribution in [0.15, 0.2) is 75.8 Å². The van der Waals surface area contributed by atoms with Crippen molar-refractivity contribution in [2.45, 2.75) is 6.61 Å². The van der Waals surface area contributed by atoms with Gasteiger partial charge in [-0.3, -0.25) is 0 Å². The third-order valence-corrected chi connectivity index (χ3v) is 8.01. The minimum absolute atomic E-state index is 0.226. The second kappa shape index (κ2) is 10.3. The minimum Gasteiger partial charge on any atom is -0.493 e. The van der Waals surface area contributed by atoms with E-state index in [1.54, 1.807) is 19.3 Å². The maximum Gasteiger partial charge on any atom is 0.363 e. The molecule has 0 aliphatic carbocycles. The summed E-state index contributed by atoms with van der Waals surface area (Å²) in [5, 5.41) is 0. The van der Waals surface area contributed by atoms with Crippen molar-refractivity contribution in [2.75, 3.05) is 7.11 Å². The van der Waals surface area contributed by atoms with E-state index < -0.39 is 5.97 Å². The lowest BCUT2D eigenvalue weighted by Crippen LogP contribution is -2.05. The summed E-state index contributed by atoms with van der Waals surface area (Å²) >= 11 is 7.99. The number of halogens is 3. The zero-order valence-electron chi connectivity index (χ0n) is 16.8. The van der Waals surface area contributed by atoms with Crippen molar-refractivity contribution in [1.82, 2.24) is 0 Å². The number of ether oxygens (including phenoxy) is 3. The monoisotopic (exact) mass is 715 g/mol. The van der Waals surface area contributed by atoms with Gasteiger partial charge in [-0.05, 0) is 109 Å². The van der Waals surface area contributed by atoms with Crippen molar-refractivity contribution in [3.05, 3.63) is 94.7 Å². The predicted octanol–water partition coefficient (Wildman–Crippen LogP) is 6.59. The Morgan fingerprint density at radius 2 is 1.84 bits per heavy atom. The zero-order chi connectivity index (χ0) is 22.7. The smallest absolute Gasteiger partial charge is 0.363 e. The summed E-state index contributed by atoms with van der Waals surface area (Å²) in [6, 6.07) is 19.2. The Morgan fingerprint density at radius 1 is 1.03 bits per heavy atom. The van der Waals surface area contributed by atoms with Crippen molar-refractivity contribution in [2.24, 2.45) is 4.99 Å². The van der Waals surface area contributed by atoms with E-state index in [4.69, 9.17) is 14.2 Å². The molecule has 3 aromatic rings. The highest BCUT2D eigenvalue weighted by molar-refractivity contribution is 14.1. The van der Waals surface area contributed by atoms with Crippen LogP contribution in [0.4, 0.5) is 0 Å². The van der Waals surface area contributed by atoms with E-state index >= 15 is 0 Å². The van der Waals surface area contributed by atoms with Crippen LogP contribution < -0.4 is 9.47 Å². The number of rotatable bonds is 6. The lowest BCUT2D eigenvalue weighted by atomic mass is 10.1. The number of hydrogen-bond donors (Lipinski definition) is 0. The van der Waals surface area contributed by atoms with Gasteiger partial charge in [-0.2, -0.15) is 0 Å². The topological polar surface area (TPSA) is 57.1 Å². The van der Waals surface area contributed by atoms with E-state index in [1.807, 2.05) is 54.6 Å². The van der Waals surface area contributed by atoms with Gasteiger partial charge in [0.2, 0.25) is 5.90 Å². The first-order valence-electron chi connectivity index (χ1n) is 9.47. The zero-order valence-corrected chi connectivity index (χ0v) is 22.7. The molecule has 1 aliphatic heterocycles. The summed E-state index contributed by atoms with van der Waals surface area (Å²) in [7, 11) is 1.58. The number of hydrogen-bond acceptors (Lipinski definition) is 5. The van der Waals surface area contributed by atoms with Crippen LogP contribution in [0.3, 0.4) is 0 Å². The molecule has 3 aromatic carbocycles. The number of benzene rings is 3. The van der Waals surface area contributed by atoms with Crippen LogP contribution in [0.1, 0.15) is 16.7 Å². The minimum atomic E-state index is -0.493. The fourth-order valence-corrected chi connectivity index (χ4v) is 4.24. The molecule has 0 saturated carbocycles. The Hall–Kier alpha value is -1.92. The van der Waals surface area contributed by atoms with Gasteiger partial charge < -0.3 is 14.2 Å². The molecule has 0 amide bonds. The van der Waals surface area contributed by atoms with Gasteiger partial charge in [0.1, 0.15) is 6.61 Å². The van der Waals surface area contributed by atoms with Crippen molar-refractivity contribution in [3.63, 3.8) is 0 Å². The molecule has 0 bridgehead atoms. The molecule has 5 nitrogen and oxygen atoms in total. The number of nitrogens with zero attached hydrogens (tertiary/aromatic N) is 1. The number of cyclic esters (lactones) is 1. The number of carbonyl (C=O) groups is 1. The molecule has 0 N–H and O–H groups in total. The van der Waals surface area contributed by atoms with Gasteiger partial charge in [-0.25, -0.2) is 9.79 Å². The molecule has 0 radical (unpaired) electrons. The highest BCUT2D eigenvalue weighted by Gasteiger charge is 2.24. The van der Waals surface area contributed by atoms with Crippen molar-refractivity contribution in [1.29, 1.82) is 0 Å². The second-order valence-electron chi connectivity index (χ2n) is 6.76. The summed E-state index contributed by atoms with van der Waals surface area (Å²) in [6.07, 6.45) is 1.67. The third-order valence-electron chi connectivity index (χ3n) is 4.62. The molecule has 32 heavy (non-hydrogen) atoms. The first-order chi connectivity index (χ1) is 15.4. The van der Waals surface area contributed by atoms with E-state index in [2.05, 4.69) is 66.1 Å². The van der Waals surface area contributed by atoms with Gasteiger partial charge in [0.05, 0.1) is 7.11 Å². The quantitative estimate of drug-likeness (QED) is 0.164. The molecule has 0 unspecified atom stereocenters. The highest BCUT2D eigenvalue weighted by atomic mass is 127. The molecule has 0 aromatic heterocycles. The largest absolute Gasteiger partial charge is 0.493 e. The van der Waals surface area contributed by atoms with Crippen LogP contribution in [-0.4, -0.2) is 19.0 Å². The van der Waals surface area contributed by atoms with E-state index in [0.717, 1.165) is 28.3 Å². The summed E-state index contributed by atoms with van der Waals surface area (Å²) in [5.41, 5.74) is 2.80. The average molecular weight is 716 g/mol. The first-order valence-corrected chi connectivity index (χ1v) is 12.4. The molecule has 162 valence electrons. The van der Waals surface area contributed by atoms with Crippen LogP contribution in [0.2, 0.25) is 0 Å². The SMILES string of the molecule is COc1cc(/C=C2\N=C(c3ccc(I)c(Br)c3)OC2=O)ccc1OCc1ccccc1I. The lowest BCUT2D eigenvalue weighted by Gasteiger charge is -2.12. The molecule has 8 heteroatoms. The summed E-state index contributed by atoms with van der Waals surface area (Å²) in [5.74, 6) is 0.981. The van der Waals surface area contributed by atoms with E-state index in [1.165, 1.54) is 0 Å². The van der Waals surface area contributed by atoms with Crippen LogP contribution in [0.5, 0.6) is 11.5 Å². The molecule has 0 saturated heterocycles. The fraction of sp³-hybridized carbons (Fsp3) is 0.0833. The first kappa shape index (κ1) is 23.2. The van der Waals surface area contributed by atoms with E-state index in [-0.39, 0.29) is 11.6 Å². The van der Waals surface area contributed by atoms with Gasteiger partial charge >= 0.3 is 5.97 Å². The third kappa shape index (κ3) is 5.34. The maximum atomic E-state index is 12.4. The molecule has 0 spiro atoms. The van der Waals surface area contributed by atoms with Crippen molar-refractivity contribution < 1.29 is 19.0 Å². The van der Waals surface area contributed by atoms with Gasteiger partial charge in [0, 0.05) is 22.7 Å². The average Bonchev–Trinajstić information content (AvgIpc) is 3.15. The normalized spacial score (nSPS) is 14.3. The molecular formula is C24H16BrI2NO4. The van der Waals surface area contributed by atoms with Gasteiger partial charge in [0.25, 0.3) is 0 Å². The fourth-order valence-electron chi connectivity index (χ4n) is 2.98. The Balaban J connectivity index is 1.55. The molecule has 4 rings (SSSR count). The standard InChI is InChI=1S/C24H16BrI2NO4/c1-30-22-11-14(6-9-21(22)31-13-16-4-2-3-5-18(16)26)10-20-24(29)32-23(28-20)15-7-8-19(27)17(25)12-15/h2-12H,13H2,1H3/b20-10-. The van der Waals surface area contributed by atoms with E-state index in [9.17, 15) is 4.79 Å². The Labute approximate surface area is 221 Å². The Bertz CT molecular complexity index is 1260. The van der Waals surface area contributed by atoms with Crippen LogP contribution in [0, 0.1) is 7.14 Å². The Kier molecular flexibility index (Phi) is 7.51. The number of aliphatic imine (C=N–C) groups is 1. The van der Waals surface area contributed by atoms with Crippen LogP contribution in [0.25, 0.3) is 6.08 Å². The van der Waals surface area contributed by atoms with Gasteiger partial charge in [0.15, 0.2) is 17.2 Å². The predicted molar refractivity (Wildman–Crippen MR) is 144 cm³/mol. The highest BCUT2D eigenvalue weighted by Crippen LogP contribution is 2.31. The summed E-state index contributed by atoms with van der Waals surface area (Å²) in [6.45, 7) is 0.432. The second-order valence-corrected chi connectivity index (χ2v) is 9.93. The molecule has 0 atom stereocenters. The number of methoxy groups -OCH3 is 1. The van der Waals surface area contributed by atoms with Crippen LogP contribution in [-0.2, 0) is 16.1 Å². The van der Waals surface area contributed by atoms with Gasteiger partial charge in [-0.1, -0.05) is 24.3 Å². The van der Waals surface area contributed by atoms with Crippen LogP contribution >= 0.6 is 61.1 Å². The maximum absolute atomic E-state index is 12.4. The molecule has 0 fully saturated rings. The molecule has 1 aliphatic rings. The number of esters is 1. The van der Waals surface area contributed by atoms with Crippen molar-refractivity contribution >= 4 is 79.1 Å². The molecule has 1 heterocycles. The molecular weight excluding hydrogens is 700 g/mol. The Morgan fingerprint density at radius 3 is 2.59 bits per heavy atom. The summed E-state index contributed by atoms with van der Waals surface area (Å²) < 4.78 is 19.9. The van der Waals surface area contributed by atoms with Gasteiger partial charge in [-0.15, -0.1) is 0 Å².